The van der Waals surface area contributed by atoms with Crippen molar-refractivity contribution in [3.05, 3.63) is 29.6 Å². The summed E-state index contributed by atoms with van der Waals surface area (Å²) in [5, 5.41) is 2.22. The monoisotopic (exact) mass is 380 g/mol. The van der Waals surface area contributed by atoms with Crippen LogP contribution in [0.4, 0.5) is 18.9 Å². The molecule has 5 rings (SSSR count). The van der Waals surface area contributed by atoms with Crippen LogP contribution in [0.3, 0.4) is 0 Å². The molecule has 0 saturated heterocycles. The van der Waals surface area contributed by atoms with Gasteiger partial charge >= 0.3 is 0 Å². The van der Waals surface area contributed by atoms with E-state index in [1.807, 2.05) is 0 Å². The number of likely N-dealkylation sites (N-methyl/N-ethyl adjacent to an activating group) is 1. The number of anilines is 1. The predicted molar refractivity (Wildman–Crippen MR) is 93.2 cm³/mol. The fourth-order valence-electron chi connectivity index (χ4n) is 5.88. The molecule has 4 saturated carbocycles. The van der Waals surface area contributed by atoms with Gasteiger partial charge in [-0.15, -0.1) is 0 Å². The van der Waals surface area contributed by atoms with Crippen molar-refractivity contribution < 1.29 is 22.8 Å². The first-order chi connectivity index (χ1) is 12.8. The molecule has 0 aliphatic heterocycles. The number of hydrogen-bond donors (Lipinski definition) is 1. The summed E-state index contributed by atoms with van der Waals surface area (Å²) in [5.74, 6) is -3.23. The molecule has 4 nitrogen and oxygen atoms in total. The Labute approximate surface area is 156 Å². The van der Waals surface area contributed by atoms with Crippen molar-refractivity contribution in [2.75, 3.05) is 18.9 Å². The first-order valence-corrected chi connectivity index (χ1v) is 9.46. The molecule has 4 fully saturated rings. The van der Waals surface area contributed by atoms with Crippen molar-refractivity contribution in [2.45, 2.75) is 38.5 Å². The van der Waals surface area contributed by atoms with Crippen molar-refractivity contribution in [2.24, 2.45) is 23.2 Å². The third-order valence-corrected chi connectivity index (χ3v) is 6.53. The van der Waals surface area contributed by atoms with Crippen molar-refractivity contribution in [3.63, 3.8) is 0 Å². The van der Waals surface area contributed by atoms with E-state index in [1.165, 1.54) is 24.2 Å². The van der Waals surface area contributed by atoms with Crippen LogP contribution in [-0.2, 0) is 9.59 Å². The van der Waals surface area contributed by atoms with Gasteiger partial charge in [0.25, 0.3) is 0 Å². The first kappa shape index (κ1) is 18.3. The number of hydrogen-bond acceptors (Lipinski definition) is 2. The molecule has 0 radical (unpaired) electrons. The zero-order valence-electron chi connectivity index (χ0n) is 15.2. The molecule has 0 atom stereocenters. The Morgan fingerprint density at radius 3 is 2.15 bits per heavy atom. The number of carbonyl (C=O) groups excluding carboxylic acids is 2. The summed E-state index contributed by atoms with van der Waals surface area (Å²) in [6, 6.07) is 1.71. The lowest BCUT2D eigenvalue weighted by Crippen LogP contribution is -2.54. The van der Waals surface area contributed by atoms with Crippen LogP contribution in [0.1, 0.15) is 38.5 Å². The molecule has 0 spiro atoms. The second-order valence-electron chi connectivity index (χ2n) is 8.63. The minimum Gasteiger partial charge on any atom is -0.336 e. The molecule has 2 amide bonds. The fourth-order valence-corrected chi connectivity index (χ4v) is 5.88. The van der Waals surface area contributed by atoms with Gasteiger partial charge in [-0.25, -0.2) is 13.2 Å². The first-order valence-electron chi connectivity index (χ1n) is 9.46. The van der Waals surface area contributed by atoms with Crippen LogP contribution in [-0.4, -0.2) is 30.3 Å². The van der Waals surface area contributed by atoms with Crippen LogP contribution >= 0.6 is 0 Å². The van der Waals surface area contributed by atoms with E-state index in [4.69, 9.17) is 0 Å². The maximum Gasteiger partial charge on any atom is 0.244 e. The number of benzene rings is 1. The van der Waals surface area contributed by atoms with Gasteiger partial charge in [0, 0.05) is 7.05 Å². The lowest BCUT2D eigenvalue weighted by molar-refractivity contribution is -0.157. The Morgan fingerprint density at radius 1 is 1.04 bits per heavy atom. The topological polar surface area (TPSA) is 49.4 Å². The second kappa shape index (κ2) is 6.53. The summed E-state index contributed by atoms with van der Waals surface area (Å²) in [5.41, 5.74) is -0.800. The molecule has 0 unspecified atom stereocenters. The van der Waals surface area contributed by atoms with Gasteiger partial charge in [0.2, 0.25) is 11.8 Å². The minimum absolute atomic E-state index is 0.0255. The van der Waals surface area contributed by atoms with Gasteiger partial charge in [0.1, 0.15) is 0 Å². The van der Waals surface area contributed by atoms with Gasteiger partial charge in [-0.05, 0) is 68.4 Å². The molecular weight excluding hydrogens is 357 g/mol. The van der Waals surface area contributed by atoms with E-state index in [2.05, 4.69) is 5.32 Å². The van der Waals surface area contributed by atoms with Crippen molar-refractivity contribution in [1.29, 1.82) is 0 Å². The molecule has 4 aliphatic carbocycles. The number of halogens is 3. The second-order valence-corrected chi connectivity index (χ2v) is 8.63. The van der Waals surface area contributed by atoms with Crippen molar-refractivity contribution >= 4 is 17.5 Å². The van der Waals surface area contributed by atoms with E-state index < -0.39 is 29.0 Å². The Hall–Kier alpha value is -2.05. The molecule has 27 heavy (non-hydrogen) atoms. The maximum atomic E-state index is 13.7. The van der Waals surface area contributed by atoms with E-state index in [0.29, 0.717) is 17.8 Å². The smallest absolute Gasteiger partial charge is 0.244 e. The van der Waals surface area contributed by atoms with Crippen LogP contribution < -0.4 is 5.32 Å². The summed E-state index contributed by atoms with van der Waals surface area (Å²) in [6.07, 6.45) is 6.31. The quantitative estimate of drug-likeness (QED) is 0.810. The highest BCUT2D eigenvalue weighted by atomic mass is 19.2. The van der Waals surface area contributed by atoms with Crippen molar-refractivity contribution in [1.82, 2.24) is 4.90 Å². The summed E-state index contributed by atoms with van der Waals surface area (Å²) < 4.78 is 40.0. The Bertz CT molecular complexity index is 760. The Morgan fingerprint density at radius 2 is 1.59 bits per heavy atom. The zero-order valence-corrected chi connectivity index (χ0v) is 15.2. The number of amides is 2. The van der Waals surface area contributed by atoms with Gasteiger partial charge in [0.05, 0.1) is 17.6 Å². The van der Waals surface area contributed by atoms with Gasteiger partial charge in [-0.2, -0.15) is 0 Å². The highest BCUT2D eigenvalue weighted by Gasteiger charge is 2.55. The van der Waals surface area contributed by atoms with Gasteiger partial charge < -0.3 is 10.2 Å². The highest BCUT2D eigenvalue weighted by molar-refractivity contribution is 5.95. The highest BCUT2D eigenvalue weighted by Crippen LogP contribution is 2.60. The Kier molecular flexibility index (Phi) is 4.43. The van der Waals surface area contributed by atoms with Gasteiger partial charge in [0.15, 0.2) is 17.5 Å². The average Bonchev–Trinajstić information content (AvgIpc) is 2.60. The molecule has 1 aromatic carbocycles. The lowest BCUT2D eigenvalue weighted by atomic mass is 9.49. The predicted octanol–water partition coefficient (Wildman–Crippen LogP) is 3.72. The third-order valence-electron chi connectivity index (χ3n) is 6.53. The molecule has 1 N–H and O–H groups in total. The average molecular weight is 380 g/mol. The van der Waals surface area contributed by atoms with Crippen LogP contribution in [0.5, 0.6) is 0 Å². The number of nitrogens with zero attached hydrogens (tertiary/aromatic N) is 1. The Balaban J connectivity index is 1.42. The van der Waals surface area contributed by atoms with Crippen LogP contribution in [0, 0.1) is 40.6 Å². The normalized spacial score (nSPS) is 31.0. The van der Waals surface area contributed by atoms with Gasteiger partial charge in [-0.1, -0.05) is 0 Å². The largest absolute Gasteiger partial charge is 0.336 e. The molecule has 7 heteroatoms. The SMILES string of the molecule is CN(CC(=O)Nc1ccc(F)c(F)c1F)C(=O)C12CC3CC(CC(C3)C1)C2. The summed E-state index contributed by atoms with van der Waals surface area (Å²) in [6.45, 7) is -0.251. The lowest BCUT2D eigenvalue weighted by Gasteiger charge is -2.56. The van der Waals surface area contributed by atoms with Gasteiger partial charge in [-0.3, -0.25) is 9.59 Å². The summed E-state index contributed by atoms with van der Waals surface area (Å²) >= 11 is 0. The van der Waals surface area contributed by atoms with Crippen molar-refractivity contribution in [3.8, 4) is 0 Å². The standard InChI is InChI=1S/C20H23F3N2O2/c1-25(10-16(26)24-15-3-2-14(21)17(22)18(15)23)19(27)20-7-11-4-12(8-20)6-13(5-11)9-20/h2-3,11-13H,4-10H2,1H3,(H,24,26). The van der Waals surface area contributed by atoms with E-state index in [9.17, 15) is 22.8 Å². The van der Waals surface area contributed by atoms with E-state index in [-0.39, 0.29) is 17.9 Å². The molecular formula is C20H23F3N2O2. The van der Waals surface area contributed by atoms with E-state index in [1.54, 1.807) is 7.05 Å². The fraction of sp³-hybridized carbons (Fsp3) is 0.600. The van der Waals surface area contributed by atoms with Crippen LogP contribution in [0.25, 0.3) is 0 Å². The minimum atomic E-state index is -1.63. The molecule has 0 heterocycles. The number of carbonyl (C=O) groups is 2. The zero-order chi connectivity index (χ0) is 19.3. The maximum absolute atomic E-state index is 13.7. The molecule has 1 aromatic rings. The summed E-state index contributed by atoms with van der Waals surface area (Å²) in [4.78, 5) is 26.7. The third kappa shape index (κ3) is 3.21. The number of rotatable bonds is 4. The van der Waals surface area contributed by atoms with E-state index in [0.717, 1.165) is 31.4 Å². The molecule has 4 aliphatic rings. The summed E-state index contributed by atoms with van der Waals surface area (Å²) in [7, 11) is 1.57. The van der Waals surface area contributed by atoms with Crippen LogP contribution in [0.2, 0.25) is 0 Å². The molecule has 4 bridgehead atoms. The van der Waals surface area contributed by atoms with Crippen LogP contribution in [0.15, 0.2) is 12.1 Å². The molecule has 146 valence electrons. The number of nitrogens with one attached hydrogen (secondary N) is 1. The molecule has 0 aromatic heterocycles. The van der Waals surface area contributed by atoms with E-state index >= 15 is 0 Å².